The largest absolute Gasteiger partial charge is 0.411 e. The Hall–Kier alpha value is -2.33. The van der Waals surface area contributed by atoms with E-state index in [1.807, 2.05) is 29.9 Å². The van der Waals surface area contributed by atoms with Gasteiger partial charge in [-0.2, -0.15) is 4.73 Å². The fourth-order valence-electron chi connectivity index (χ4n) is 3.91. The molecule has 0 radical (unpaired) electrons. The van der Waals surface area contributed by atoms with Crippen LogP contribution in [-0.2, 0) is 6.42 Å². The van der Waals surface area contributed by atoms with Gasteiger partial charge in [0, 0.05) is 6.54 Å². The highest BCUT2D eigenvalue weighted by Gasteiger charge is 2.19. The molecule has 1 aromatic heterocycles. The number of fused-ring (bicyclic) bond motifs is 1. The van der Waals surface area contributed by atoms with Crippen molar-refractivity contribution in [2.45, 2.75) is 26.2 Å². The first-order valence-corrected chi connectivity index (χ1v) is 9.63. The number of nitrogens with zero attached hydrogens (tertiary/aromatic N) is 3. The van der Waals surface area contributed by atoms with E-state index >= 15 is 0 Å². The summed E-state index contributed by atoms with van der Waals surface area (Å²) in [5.74, 6) is 1.72. The van der Waals surface area contributed by atoms with Crippen molar-refractivity contribution in [1.29, 1.82) is 0 Å². The average Bonchev–Trinajstić information content (AvgIpc) is 2.99. The summed E-state index contributed by atoms with van der Waals surface area (Å²) in [4.78, 5) is 13.1. The van der Waals surface area contributed by atoms with Gasteiger partial charge in [0.25, 0.3) is 0 Å². The van der Waals surface area contributed by atoms with Crippen molar-refractivity contribution < 1.29 is 4.84 Å². The molecule has 0 atom stereocenters. The van der Waals surface area contributed by atoms with Gasteiger partial charge < -0.3 is 4.84 Å². The van der Waals surface area contributed by atoms with Crippen molar-refractivity contribution in [2.75, 3.05) is 26.2 Å². The Bertz CT molecular complexity index is 835. The predicted molar refractivity (Wildman–Crippen MR) is 105 cm³/mol. The molecule has 0 N–H and O–H groups in total. The first-order chi connectivity index (χ1) is 12.8. The van der Waals surface area contributed by atoms with Gasteiger partial charge in [-0.1, -0.05) is 42.5 Å². The Labute approximate surface area is 155 Å². The summed E-state index contributed by atoms with van der Waals surface area (Å²) in [5, 5.41) is 0. The summed E-state index contributed by atoms with van der Waals surface area (Å²) in [6.07, 6.45) is 3.77. The highest BCUT2D eigenvalue weighted by molar-refractivity contribution is 5.75. The van der Waals surface area contributed by atoms with Crippen LogP contribution in [0, 0.1) is 12.8 Å². The van der Waals surface area contributed by atoms with Crippen molar-refractivity contribution in [2.24, 2.45) is 5.92 Å². The van der Waals surface area contributed by atoms with Gasteiger partial charge in [-0.05, 0) is 62.9 Å². The lowest BCUT2D eigenvalue weighted by Gasteiger charge is -2.31. The van der Waals surface area contributed by atoms with Gasteiger partial charge in [0.15, 0.2) is 0 Å². The molecule has 4 heteroatoms. The predicted octanol–water partition coefficient (Wildman–Crippen LogP) is 3.73. The van der Waals surface area contributed by atoms with Gasteiger partial charge in [0.2, 0.25) is 0 Å². The van der Waals surface area contributed by atoms with E-state index in [0.717, 1.165) is 29.3 Å². The molecule has 1 fully saturated rings. The summed E-state index contributed by atoms with van der Waals surface area (Å²) in [7, 11) is 0. The molecular weight excluding hydrogens is 322 g/mol. The third-order valence-electron chi connectivity index (χ3n) is 5.38. The maximum atomic E-state index is 6.03. The van der Waals surface area contributed by atoms with E-state index in [1.165, 1.54) is 37.9 Å². The van der Waals surface area contributed by atoms with Crippen molar-refractivity contribution in [3.63, 3.8) is 0 Å². The number of aryl methyl sites for hydroxylation is 1. The second kappa shape index (κ2) is 7.92. The van der Waals surface area contributed by atoms with Crippen LogP contribution in [0.4, 0.5) is 0 Å². The number of hydrogen-bond acceptors (Lipinski definition) is 3. The van der Waals surface area contributed by atoms with Crippen molar-refractivity contribution >= 4 is 11.0 Å². The van der Waals surface area contributed by atoms with Crippen LogP contribution in [-0.4, -0.2) is 40.9 Å². The molecule has 3 aromatic rings. The fourth-order valence-corrected chi connectivity index (χ4v) is 3.91. The Morgan fingerprint density at radius 3 is 2.54 bits per heavy atom. The summed E-state index contributed by atoms with van der Waals surface area (Å²) in [6.45, 7) is 6.01. The Balaban J connectivity index is 1.24. The van der Waals surface area contributed by atoms with Crippen LogP contribution in [0.15, 0.2) is 54.6 Å². The highest BCUT2D eigenvalue weighted by atomic mass is 16.7. The molecule has 4 nitrogen and oxygen atoms in total. The van der Waals surface area contributed by atoms with Crippen molar-refractivity contribution in [3.05, 3.63) is 66.0 Å². The van der Waals surface area contributed by atoms with Gasteiger partial charge in [0.1, 0.15) is 17.9 Å². The standard InChI is InChI=1S/C22H27N3O/c1-18-23-21-9-5-6-10-22(21)25(18)26-16-15-24-13-11-20(12-14-24)17-19-7-3-2-4-8-19/h2-10,20H,11-17H2,1H3. The molecule has 0 bridgehead atoms. The quantitative estimate of drug-likeness (QED) is 0.679. The van der Waals surface area contributed by atoms with E-state index in [2.05, 4.69) is 46.3 Å². The zero-order chi connectivity index (χ0) is 17.8. The molecule has 26 heavy (non-hydrogen) atoms. The zero-order valence-electron chi connectivity index (χ0n) is 15.5. The Kier molecular flexibility index (Phi) is 5.21. The molecule has 0 saturated carbocycles. The van der Waals surface area contributed by atoms with Crippen LogP contribution >= 0.6 is 0 Å². The SMILES string of the molecule is Cc1nc2ccccc2n1OCCN1CCC(Cc2ccccc2)CC1. The van der Waals surface area contributed by atoms with Crippen molar-refractivity contribution in [3.8, 4) is 0 Å². The summed E-state index contributed by atoms with van der Waals surface area (Å²) in [6, 6.07) is 19.0. The molecule has 2 aromatic carbocycles. The monoisotopic (exact) mass is 349 g/mol. The van der Waals surface area contributed by atoms with Gasteiger partial charge in [-0.3, -0.25) is 4.90 Å². The summed E-state index contributed by atoms with van der Waals surface area (Å²) in [5.41, 5.74) is 3.51. The molecule has 1 aliphatic rings. The first-order valence-electron chi connectivity index (χ1n) is 9.63. The van der Waals surface area contributed by atoms with E-state index in [1.54, 1.807) is 0 Å². The lowest BCUT2D eigenvalue weighted by Crippen LogP contribution is -2.37. The molecule has 0 unspecified atom stereocenters. The zero-order valence-corrected chi connectivity index (χ0v) is 15.5. The van der Waals surface area contributed by atoms with Crippen molar-refractivity contribution in [1.82, 2.24) is 14.6 Å². The Morgan fingerprint density at radius 2 is 1.73 bits per heavy atom. The van der Waals surface area contributed by atoms with E-state index in [-0.39, 0.29) is 0 Å². The number of para-hydroxylation sites is 2. The smallest absolute Gasteiger partial charge is 0.143 e. The molecule has 0 amide bonds. The lowest BCUT2D eigenvalue weighted by atomic mass is 9.90. The maximum absolute atomic E-state index is 6.03. The van der Waals surface area contributed by atoms with Gasteiger partial charge >= 0.3 is 0 Å². The van der Waals surface area contributed by atoms with Crippen LogP contribution in [0.1, 0.15) is 24.2 Å². The molecular formula is C22H27N3O. The second-order valence-electron chi connectivity index (χ2n) is 7.25. The van der Waals surface area contributed by atoms with Crippen LogP contribution in [0.25, 0.3) is 11.0 Å². The summed E-state index contributed by atoms with van der Waals surface area (Å²) >= 11 is 0. The lowest BCUT2D eigenvalue weighted by molar-refractivity contribution is 0.0770. The minimum absolute atomic E-state index is 0.699. The third-order valence-corrected chi connectivity index (χ3v) is 5.38. The van der Waals surface area contributed by atoms with E-state index in [9.17, 15) is 0 Å². The summed E-state index contributed by atoms with van der Waals surface area (Å²) < 4.78 is 1.87. The number of benzene rings is 2. The normalized spacial score (nSPS) is 16.2. The number of rotatable bonds is 6. The molecule has 1 aliphatic heterocycles. The molecule has 4 rings (SSSR count). The van der Waals surface area contributed by atoms with Gasteiger partial charge in [0.05, 0.1) is 5.52 Å². The Morgan fingerprint density at radius 1 is 1.00 bits per heavy atom. The van der Waals surface area contributed by atoms with Crippen LogP contribution in [0.5, 0.6) is 0 Å². The topological polar surface area (TPSA) is 30.3 Å². The third kappa shape index (κ3) is 3.91. The fraction of sp³-hybridized carbons (Fsp3) is 0.409. The van der Waals surface area contributed by atoms with E-state index < -0.39 is 0 Å². The number of hydrogen-bond donors (Lipinski definition) is 0. The minimum atomic E-state index is 0.699. The first kappa shape index (κ1) is 17.1. The maximum Gasteiger partial charge on any atom is 0.143 e. The highest BCUT2D eigenvalue weighted by Crippen LogP contribution is 2.21. The number of piperidine rings is 1. The molecule has 0 spiro atoms. The van der Waals surface area contributed by atoms with Gasteiger partial charge in [-0.15, -0.1) is 0 Å². The molecule has 0 aliphatic carbocycles. The van der Waals surface area contributed by atoms with Crippen LogP contribution in [0.2, 0.25) is 0 Å². The van der Waals surface area contributed by atoms with Crippen LogP contribution in [0.3, 0.4) is 0 Å². The number of imidazole rings is 1. The molecule has 1 saturated heterocycles. The molecule has 136 valence electrons. The minimum Gasteiger partial charge on any atom is -0.411 e. The second-order valence-corrected chi connectivity index (χ2v) is 7.25. The van der Waals surface area contributed by atoms with E-state index in [4.69, 9.17) is 4.84 Å². The van der Waals surface area contributed by atoms with E-state index in [0.29, 0.717) is 6.61 Å². The van der Waals surface area contributed by atoms with Crippen LogP contribution < -0.4 is 4.84 Å². The number of aromatic nitrogens is 2. The van der Waals surface area contributed by atoms with Gasteiger partial charge in [-0.25, -0.2) is 4.98 Å². The molecule has 2 heterocycles. The number of likely N-dealkylation sites (tertiary alicyclic amines) is 1. The average molecular weight is 349 g/mol.